The van der Waals surface area contributed by atoms with Crippen molar-refractivity contribution in [1.82, 2.24) is 0 Å². The van der Waals surface area contributed by atoms with Gasteiger partial charge in [0.15, 0.2) is 0 Å². The highest BCUT2D eigenvalue weighted by Crippen LogP contribution is 2.33. The second-order valence-corrected chi connectivity index (χ2v) is 10.4. The highest BCUT2D eigenvalue weighted by Gasteiger charge is 2.28. The maximum absolute atomic E-state index is 13.6. The average Bonchev–Trinajstić information content (AvgIpc) is 2.75. The first-order chi connectivity index (χ1) is 14.5. The maximum atomic E-state index is 13.6. The summed E-state index contributed by atoms with van der Waals surface area (Å²) in [6.45, 7) is 0. The van der Waals surface area contributed by atoms with Crippen molar-refractivity contribution in [1.29, 1.82) is 0 Å². The Bertz CT molecular complexity index is 1140. The molecule has 4 aromatic carbocycles. The van der Waals surface area contributed by atoms with Gasteiger partial charge in [0.1, 0.15) is 5.78 Å². The Morgan fingerprint density at radius 2 is 0.967 bits per heavy atom. The Balaban J connectivity index is 1.69. The summed E-state index contributed by atoms with van der Waals surface area (Å²) < 4.78 is 2.11. The lowest BCUT2D eigenvalue weighted by Crippen LogP contribution is -2.23. The first-order valence-electron chi connectivity index (χ1n) is 9.54. The number of fused-ring (bicyclic) bond motifs is 2. The van der Waals surface area contributed by atoms with Crippen molar-refractivity contribution in [3.63, 3.8) is 0 Å². The summed E-state index contributed by atoms with van der Waals surface area (Å²) in [5.74, 6) is -0.195. The third-order valence-electron chi connectivity index (χ3n) is 5.45. The second kappa shape index (κ2) is 9.64. The van der Waals surface area contributed by atoms with Crippen molar-refractivity contribution in [3.05, 3.63) is 92.9 Å². The number of rotatable bonds is 6. The van der Waals surface area contributed by atoms with Crippen molar-refractivity contribution in [2.24, 2.45) is 0 Å². The van der Waals surface area contributed by atoms with E-state index in [1.807, 2.05) is 12.1 Å². The van der Waals surface area contributed by atoms with Gasteiger partial charge in [0.2, 0.25) is 0 Å². The largest absolute Gasteiger partial charge is 0.298 e. The van der Waals surface area contributed by atoms with E-state index in [-0.39, 0.29) is 17.6 Å². The number of halogens is 4. The molecule has 0 heterocycles. The lowest BCUT2D eigenvalue weighted by atomic mass is 9.84. The van der Waals surface area contributed by atoms with Gasteiger partial charge in [-0.2, -0.15) is 0 Å². The van der Waals surface area contributed by atoms with Crippen LogP contribution >= 0.6 is 63.7 Å². The van der Waals surface area contributed by atoms with Crippen LogP contribution in [0.2, 0.25) is 0 Å². The minimum absolute atomic E-state index is 0.207. The van der Waals surface area contributed by atoms with Crippen molar-refractivity contribution < 1.29 is 4.79 Å². The molecule has 0 saturated heterocycles. The number of hydrogen-bond donors (Lipinski definition) is 0. The molecular weight excluding hydrogens is 636 g/mol. The van der Waals surface area contributed by atoms with Gasteiger partial charge in [0, 0.05) is 19.6 Å². The molecule has 0 aliphatic carbocycles. The lowest BCUT2D eigenvalue weighted by molar-refractivity contribution is -0.121. The maximum Gasteiger partial charge on any atom is 0.149 e. The topological polar surface area (TPSA) is 17.1 Å². The van der Waals surface area contributed by atoms with E-state index in [4.69, 9.17) is 0 Å². The molecule has 0 aromatic heterocycles. The summed E-state index contributed by atoms with van der Waals surface area (Å²) in [5, 5.41) is 5.79. The fourth-order valence-electron chi connectivity index (χ4n) is 3.81. The third-order valence-corrected chi connectivity index (χ3v) is 7.73. The zero-order valence-electron chi connectivity index (χ0n) is 15.9. The quantitative estimate of drug-likeness (QED) is 0.190. The lowest BCUT2D eigenvalue weighted by Gasteiger charge is -2.21. The molecule has 4 aromatic rings. The standard InChI is InChI=1S/C25H18Br4O/c26-13-23(19-3-1-17-11-21(28)7-5-15(17)9-19)25(30)24(14-27)20-4-2-18-12-22(29)8-6-16(18)10-20/h1-12,23-24H,13-14H2. The Labute approximate surface area is 209 Å². The van der Waals surface area contributed by atoms with Crippen LogP contribution in [0.25, 0.3) is 21.5 Å². The SMILES string of the molecule is O=C(C(CBr)c1ccc2cc(Br)ccc2c1)C(CBr)c1ccc2cc(Br)ccc2c1. The van der Waals surface area contributed by atoms with E-state index in [0.29, 0.717) is 10.7 Å². The Morgan fingerprint density at radius 1 is 0.600 bits per heavy atom. The fourth-order valence-corrected chi connectivity index (χ4v) is 5.95. The number of carbonyl (C=O) groups excluding carboxylic acids is 1. The molecule has 152 valence electrons. The predicted molar refractivity (Wildman–Crippen MR) is 141 cm³/mol. The molecule has 2 atom stereocenters. The first kappa shape index (κ1) is 22.2. The monoisotopic (exact) mass is 650 g/mol. The number of alkyl halides is 2. The molecule has 30 heavy (non-hydrogen) atoms. The van der Waals surface area contributed by atoms with Crippen LogP contribution in [0.4, 0.5) is 0 Å². The second-order valence-electron chi connectivity index (χ2n) is 7.32. The molecule has 0 spiro atoms. The molecular formula is C25H18Br4O. The fraction of sp³-hybridized carbons (Fsp3) is 0.160. The number of Topliss-reactive ketones (excluding diaryl/α,β-unsaturated/α-hetero) is 1. The highest BCUT2D eigenvalue weighted by atomic mass is 79.9. The number of ketones is 1. The summed E-state index contributed by atoms with van der Waals surface area (Å²) in [4.78, 5) is 13.6. The Morgan fingerprint density at radius 3 is 1.37 bits per heavy atom. The van der Waals surface area contributed by atoms with Crippen LogP contribution in [-0.2, 0) is 4.79 Å². The van der Waals surface area contributed by atoms with Crippen LogP contribution in [0.3, 0.4) is 0 Å². The first-order valence-corrected chi connectivity index (χ1v) is 13.4. The van der Waals surface area contributed by atoms with Gasteiger partial charge in [0.05, 0.1) is 11.8 Å². The molecule has 0 radical (unpaired) electrons. The third kappa shape index (κ3) is 4.59. The van der Waals surface area contributed by atoms with Gasteiger partial charge in [-0.05, 0) is 56.9 Å². The molecule has 0 aliphatic heterocycles. The van der Waals surface area contributed by atoms with Crippen LogP contribution in [0.15, 0.2) is 81.7 Å². The van der Waals surface area contributed by atoms with E-state index in [1.165, 1.54) is 0 Å². The van der Waals surface area contributed by atoms with Crippen LogP contribution in [0, 0.1) is 0 Å². The van der Waals surface area contributed by atoms with E-state index in [0.717, 1.165) is 41.6 Å². The minimum atomic E-state index is -0.207. The Kier molecular flexibility index (Phi) is 7.13. The summed E-state index contributed by atoms with van der Waals surface area (Å²) in [7, 11) is 0. The van der Waals surface area contributed by atoms with Gasteiger partial charge in [0.25, 0.3) is 0 Å². The number of benzene rings is 4. The van der Waals surface area contributed by atoms with Crippen molar-refractivity contribution in [3.8, 4) is 0 Å². The molecule has 0 bridgehead atoms. The summed E-state index contributed by atoms with van der Waals surface area (Å²) in [6, 6.07) is 25.0. The predicted octanol–water partition coefficient (Wildman–Crippen LogP) is 8.74. The normalized spacial score (nSPS) is 13.5. The molecule has 0 aliphatic rings. The Hall–Kier alpha value is -1.01. The number of hydrogen-bond acceptors (Lipinski definition) is 1. The van der Waals surface area contributed by atoms with Gasteiger partial charge in [-0.25, -0.2) is 0 Å². The zero-order valence-corrected chi connectivity index (χ0v) is 22.3. The smallest absolute Gasteiger partial charge is 0.149 e. The zero-order chi connectivity index (χ0) is 21.3. The van der Waals surface area contributed by atoms with Crippen molar-refractivity contribution in [2.45, 2.75) is 11.8 Å². The van der Waals surface area contributed by atoms with E-state index < -0.39 is 0 Å². The molecule has 0 saturated carbocycles. The minimum Gasteiger partial charge on any atom is -0.298 e. The van der Waals surface area contributed by atoms with Gasteiger partial charge < -0.3 is 0 Å². The summed E-state index contributed by atoms with van der Waals surface area (Å²) >= 11 is 14.2. The van der Waals surface area contributed by atoms with E-state index in [2.05, 4.69) is 124 Å². The number of carbonyl (C=O) groups is 1. The van der Waals surface area contributed by atoms with E-state index in [9.17, 15) is 4.79 Å². The van der Waals surface area contributed by atoms with Gasteiger partial charge in [-0.1, -0.05) is 112 Å². The molecule has 4 rings (SSSR count). The molecule has 0 amide bonds. The summed E-state index contributed by atoms with van der Waals surface area (Å²) in [6.07, 6.45) is 0. The molecule has 5 heteroatoms. The molecule has 2 unspecified atom stereocenters. The molecule has 0 fully saturated rings. The van der Waals surface area contributed by atoms with Crippen LogP contribution in [0.1, 0.15) is 23.0 Å². The van der Waals surface area contributed by atoms with Gasteiger partial charge >= 0.3 is 0 Å². The van der Waals surface area contributed by atoms with Crippen LogP contribution < -0.4 is 0 Å². The molecule has 0 N–H and O–H groups in total. The van der Waals surface area contributed by atoms with Crippen molar-refractivity contribution in [2.75, 3.05) is 10.7 Å². The van der Waals surface area contributed by atoms with Crippen LogP contribution in [-0.4, -0.2) is 16.4 Å². The van der Waals surface area contributed by atoms with Gasteiger partial charge in [-0.15, -0.1) is 0 Å². The van der Waals surface area contributed by atoms with E-state index in [1.54, 1.807) is 0 Å². The summed E-state index contributed by atoms with van der Waals surface area (Å²) in [5.41, 5.74) is 2.09. The highest BCUT2D eigenvalue weighted by molar-refractivity contribution is 9.11. The van der Waals surface area contributed by atoms with E-state index >= 15 is 0 Å². The molecule has 1 nitrogen and oxygen atoms in total. The van der Waals surface area contributed by atoms with Gasteiger partial charge in [-0.3, -0.25) is 4.79 Å². The average molecular weight is 654 g/mol. The van der Waals surface area contributed by atoms with Crippen molar-refractivity contribution >= 4 is 91.0 Å². The van der Waals surface area contributed by atoms with Crippen LogP contribution in [0.5, 0.6) is 0 Å².